The maximum absolute atomic E-state index is 11.6. The van der Waals surface area contributed by atoms with E-state index in [1.807, 2.05) is 32.1 Å². The summed E-state index contributed by atoms with van der Waals surface area (Å²) in [7, 11) is 0. The molecule has 0 saturated heterocycles. The molecule has 2 heteroatoms. The van der Waals surface area contributed by atoms with Crippen molar-refractivity contribution in [2.75, 3.05) is 6.61 Å². The van der Waals surface area contributed by atoms with E-state index in [4.69, 9.17) is 4.74 Å². The maximum Gasteiger partial charge on any atom is 0.337 e. The maximum atomic E-state index is 11.6. The van der Waals surface area contributed by atoms with Crippen LogP contribution in [0, 0.1) is 0 Å². The van der Waals surface area contributed by atoms with Crippen LogP contribution in [0.3, 0.4) is 0 Å². The molecule has 0 unspecified atom stereocenters. The van der Waals surface area contributed by atoms with Crippen molar-refractivity contribution in [3.63, 3.8) is 0 Å². The molecule has 0 N–H and O–H groups in total. The third kappa shape index (κ3) is 9.03. The average molecular weight is 252 g/mol. The molecular formula is C16H28O2. The van der Waals surface area contributed by atoms with E-state index in [0.29, 0.717) is 12.2 Å². The minimum absolute atomic E-state index is 0.207. The number of unbranched alkanes of at least 4 members (excludes halogenated alkanes) is 6. The highest BCUT2D eigenvalue weighted by Gasteiger charge is 2.05. The van der Waals surface area contributed by atoms with Gasteiger partial charge in [0.2, 0.25) is 0 Å². The average Bonchev–Trinajstić information content (AvgIpc) is 2.36. The highest BCUT2D eigenvalue weighted by atomic mass is 16.5. The van der Waals surface area contributed by atoms with Crippen LogP contribution in [0.1, 0.15) is 65.7 Å². The SMILES string of the molecule is CC=CC(=CCCCCCCCC)C(=O)OCC. The topological polar surface area (TPSA) is 26.3 Å². The highest BCUT2D eigenvalue weighted by Crippen LogP contribution is 2.10. The second-order valence-corrected chi connectivity index (χ2v) is 4.44. The third-order valence-corrected chi connectivity index (χ3v) is 2.78. The Morgan fingerprint density at radius 2 is 1.72 bits per heavy atom. The Morgan fingerprint density at radius 3 is 2.33 bits per heavy atom. The van der Waals surface area contributed by atoms with Crippen LogP contribution in [0.2, 0.25) is 0 Å². The van der Waals surface area contributed by atoms with Crippen molar-refractivity contribution < 1.29 is 9.53 Å². The van der Waals surface area contributed by atoms with Gasteiger partial charge in [-0.1, -0.05) is 57.3 Å². The van der Waals surface area contributed by atoms with Crippen LogP contribution in [0.4, 0.5) is 0 Å². The van der Waals surface area contributed by atoms with Gasteiger partial charge in [0.05, 0.1) is 12.2 Å². The molecule has 0 aromatic rings. The van der Waals surface area contributed by atoms with E-state index < -0.39 is 0 Å². The lowest BCUT2D eigenvalue weighted by atomic mass is 10.1. The first-order chi connectivity index (χ1) is 8.76. The molecule has 0 radical (unpaired) electrons. The van der Waals surface area contributed by atoms with Crippen LogP contribution in [0.5, 0.6) is 0 Å². The van der Waals surface area contributed by atoms with Gasteiger partial charge < -0.3 is 4.74 Å². The monoisotopic (exact) mass is 252 g/mol. The van der Waals surface area contributed by atoms with Gasteiger partial charge in [0, 0.05) is 0 Å². The minimum atomic E-state index is -0.207. The number of ether oxygens (including phenoxy) is 1. The molecule has 18 heavy (non-hydrogen) atoms. The summed E-state index contributed by atoms with van der Waals surface area (Å²) in [6, 6.07) is 0. The summed E-state index contributed by atoms with van der Waals surface area (Å²) in [6.07, 6.45) is 14.3. The Labute approximate surface area is 112 Å². The molecular weight excluding hydrogens is 224 g/mol. The van der Waals surface area contributed by atoms with E-state index in [9.17, 15) is 4.79 Å². The predicted octanol–water partition coefficient (Wildman–Crippen LogP) is 4.80. The van der Waals surface area contributed by atoms with Gasteiger partial charge in [0.25, 0.3) is 0 Å². The van der Waals surface area contributed by atoms with Crippen molar-refractivity contribution in [2.45, 2.75) is 65.7 Å². The molecule has 0 aromatic heterocycles. The number of hydrogen-bond acceptors (Lipinski definition) is 2. The molecule has 0 spiro atoms. The normalized spacial score (nSPS) is 12.1. The van der Waals surface area contributed by atoms with Crippen molar-refractivity contribution >= 4 is 5.97 Å². The fourth-order valence-electron chi connectivity index (χ4n) is 1.80. The Bertz CT molecular complexity index is 264. The first-order valence-corrected chi connectivity index (χ1v) is 7.26. The Morgan fingerprint density at radius 1 is 1.06 bits per heavy atom. The lowest BCUT2D eigenvalue weighted by Gasteiger charge is -2.03. The number of carbonyl (C=O) groups is 1. The van der Waals surface area contributed by atoms with Gasteiger partial charge in [-0.05, 0) is 26.7 Å². The van der Waals surface area contributed by atoms with Crippen molar-refractivity contribution in [1.82, 2.24) is 0 Å². The zero-order valence-corrected chi connectivity index (χ0v) is 12.2. The summed E-state index contributed by atoms with van der Waals surface area (Å²) in [5, 5.41) is 0. The smallest absolute Gasteiger partial charge is 0.337 e. The number of rotatable bonds is 10. The summed E-state index contributed by atoms with van der Waals surface area (Å²) in [5.41, 5.74) is 0.688. The standard InChI is InChI=1S/C16H28O2/c1-4-7-8-9-10-11-12-14-15(13-5-2)16(17)18-6-3/h5,13-14H,4,6-12H2,1-3H3. The molecule has 0 aliphatic rings. The second-order valence-electron chi connectivity index (χ2n) is 4.44. The van der Waals surface area contributed by atoms with Gasteiger partial charge in [-0.2, -0.15) is 0 Å². The molecule has 104 valence electrons. The van der Waals surface area contributed by atoms with Crippen LogP contribution in [-0.4, -0.2) is 12.6 Å². The largest absolute Gasteiger partial charge is 0.462 e. The first kappa shape index (κ1) is 16.9. The quantitative estimate of drug-likeness (QED) is 0.241. The molecule has 0 heterocycles. The lowest BCUT2D eigenvalue weighted by Crippen LogP contribution is -2.05. The fourth-order valence-corrected chi connectivity index (χ4v) is 1.80. The summed E-state index contributed by atoms with van der Waals surface area (Å²) in [5.74, 6) is -0.207. The van der Waals surface area contributed by atoms with Gasteiger partial charge >= 0.3 is 5.97 Å². The Balaban J connectivity index is 3.90. The van der Waals surface area contributed by atoms with Gasteiger partial charge in [0.15, 0.2) is 0 Å². The van der Waals surface area contributed by atoms with Crippen molar-refractivity contribution in [1.29, 1.82) is 0 Å². The lowest BCUT2D eigenvalue weighted by molar-refractivity contribution is -0.138. The number of allylic oxidation sites excluding steroid dienone is 2. The third-order valence-electron chi connectivity index (χ3n) is 2.78. The summed E-state index contributed by atoms with van der Waals surface area (Å²) in [6.45, 7) is 6.41. The number of hydrogen-bond donors (Lipinski definition) is 0. The van der Waals surface area contributed by atoms with E-state index in [1.54, 1.807) is 0 Å². The van der Waals surface area contributed by atoms with Crippen LogP contribution >= 0.6 is 0 Å². The zero-order chi connectivity index (χ0) is 13.6. The van der Waals surface area contributed by atoms with Crippen LogP contribution in [0.15, 0.2) is 23.8 Å². The Kier molecular flexibility index (Phi) is 11.7. The van der Waals surface area contributed by atoms with E-state index in [2.05, 4.69) is 6.92 Å². The molecule has 2 nitrogen and oxygen atoms in total. The molecule has 0 bridgehead atoms. The van der Waals surface area contributed by atoms with E-state index in [1.165, 1.54) is 32.1 Å². The van der Waals surface area contributed by atoms with Crippen molar-refractivity contribution in [2.24, 2.45) is 0 Å². The highest BCUT2D eigenvalue weighted by molar-refractivity contribution is 5.91. The predicted molar refractivity (Wildman–Crippen MR) is 77.5 cm³/mol. The van der Waals surface area contributed by atoms with E-state index in [0.717, 1.165) is 12.8 Å². The molecule has 0 aliphatic carbocycles. The first-order valence-electron chi connectivity index (χ1n) is 7.26. The molecule has 0 saturated carbocycles. The molecule has 0 aliphatic heterocycles. The molecule has 0 amide bonds. The van der Waals surface area contributed by atoms with Crippen LogP contribution in [-0.2, 0) is 9.53 Å². The number of carbonyl (C=O) groups excluding carboxylic acids is 1. The molecule has 0 atom stereocenters. The molecule has 0 fully saturated rings. The van der Waals surface area contributed by atoms with Gasteiger partial charge in [-0.3, -0.25) is 0 Å². The van der Waals surface area contributed by atoms with E-state index >= 15 is 0 Å². The fraction of sp³-hybridized carbons (Fsp3) is 0.688. The summed E-state index contributed by atoms with van der Waals surface area (Å²) < 4.78 is 5.01. The van der Waals surface area contributed by atoms with Crippen molar-refractivity contribution in [3.8, 4) is 0 Å². The molecule has 0 rings (SSSR count). The van der Waals surface area contributed by atoms with Crippen LogP contribution in [0.25, 0.3) is 0 Å². The van der Waals surface area contributed by atoms with E-state index in [-0.39, 0.29) is 5.97 Å². The van der Waals surface area contributed by atoms with Gasteiger partial charge in [0.1, 0.15) is 0 Å². The summed E-state index contributed by atoms with van der Waals surface area (Å²) in [4.78, 5) is 11.6. The summed E-state index contributed by atoms with van der Waals surface area (Å²) >= 11 is 0. The van der Waals surface area contributed by atoms with Gasteiger partial charge in [-0.25, -0.2) is 4.79 Å². The van der Waals surface area contributed by atoms with Crippen molar-refractivity contribution in [3.05, 3.63) is 23.8 Å². The zero-order valence-electron chi connectivity index (χ0n) is 12.2. The Hall–Kier alpha value is -1.05. The second kappa shape index (κ2) is 12.4. The van der Waals surface area contributed by atoms with Gasteiger partial charge in [-0.15, -0.1) is 0 Å². The number of esters is 1. The minimum Gasteiger partial charge on any atom is -0.462 e. The molecule has 0 aromatic carbocycles. The van der Waals surface area contributed by atoms with Crippen LogP contribution < -0.4 is 0 Å².